The molecule has 0 aromatic heterocycles. The molecule has 0 aliphatic carbocycles. The number of carbonyl (C=O) groups excluding carboxylic acids is 1. The second kappa shape index (κ2) is 6.95. The minimum atomic E-state index is -0.0697. The molecule has 0 spiro atoms. The number of hydrogen-bond donors (Lipinski definition) is 0. The fourth-order valence-electron chi connectivity index (χ4n) is 3.73. The first-order chi connectivity index (χ1) is 14.2. The van der Waals surface area contributed by atoms with E-state index in [0.717, 1.165) is 33.3 Å². The number of rotatable bonds is 3. The Morgan fingerprint density at radius 1 is 0.828 bits per heavy atom. The molecule has 3 nitrogen and oxygen atoms in total. The monoisotopic (exact) mass is 377 g/mol. The van der Waals surface area contributed by atoms with Gasteiger partial charge in [-0.3, -0.25) is 4.79 Å². The molecule has 0 amide bonds. The van der Waals surface area contributed by atoms with Gasteiger partial charge in [-0.15, -0.1) is 0 Å². The molecular formula is C26H19NO2. The van der Waals surface area contributed by atoms with Gasteiger partial charge in [0.1, 0.15) is 0 Å². The average Bonchev–Trinajstić information content (AvgIpc) is 3.08. The number of benzene rings is 4. The summed E-state index contributed by atoms with van der Waals surface area (Å²) in [6.07, 6.45) is 1.57. The topological polar surface area (TPSA) is 29.5 Å². The zero-order valence-corrected chi connectivity index (χ0v) is 16.0. The first-order valence-electron chi connectivity index (χ1n) is 9.55. The van der Waals surface area contributed by atoms with E-state index in [9.17, 15) is 4.79 Å². The summed E-state index contributed by atoms with van der Waals surface area (Å²) in [5.41, 5.74) is 3.88. The molecule has 4 aromatic rings. The Balaban J connectivity index is 1.49. The number of hydrogen-bond acceptors (Lipinski definition) is 3. The number of allylic oxidation sites excluding steroid dienone is 1. The van der Waals surface area contributed by atoms with Crippen molar-refractivity contribution in [3.05, 3.63) is 109 Å². The first kappa shape index (κ1) is 17.3. The summed E-state index contributed by atoms with van der Waals surface area (Å²) < 4.78 is 5.98. The highest BCUT2D eigenvalue weighted by atomic mass is 16.5. The van der Waals surface area contributed by atoms with Crippen LogP contribution in [0.3, 0.4) is 0 Å². The Hall–Kier alpha value is -3.85. The van der Waals surface area contributed by atoms with E-state index in [-0.39, 0.29) is 5.78 Å². The molecule has 1 heterocycles. The molecule has 4 aromatic carbocycles. The molecule has 1 aliphatic rings. The zero-order valence-electron chi connectivity index (χ0n) is 16.0. The van der Waals surface area contributed by atoms with Crippen LogP contribution in [0.2, 0.25) is 0 Å². The molecule has 29 heavy (non-hydrogen) atoms. The van der Waals surface area contributed by atoms with E-state index in [0.29, 0.717) is 11.4 Å². The van der Waals surface area contributed by atoms with Gasteiger partial charge in [-0.2, -0.15) is 0 Å². The quantitative estimate of drug-likeness (QED) is 0.321. The lowest BCUT2D eigenvalue weighted by Gasteiger charge is -2.12. The third-order valence-corrected chi connectivity index (χ3v) is 5.28. The van der Waals surface area contributed by atoms with Crippen molar-refractivity contribution in [1.82, 2.24) is 0 Å². The molecule has 0 unspecified atom stereocenters. The van der Waals surface area contributed by atoms with Gasteiger partial charge < -0.3 is 9.64 Å². The van der Waals surface area contributed by atoms with E-state index in [1.807, 2.05) is 84.7 Å². The minimum absolute atomic E-state index is 0.0697. The molecule has 0 bridgehead atoms. The van der Waals surface area contributed by atoms with Crippen LogP contribution in [0, 0.1) is 0 Å². The van der Waals surface area contributed by atoms with Gasteiger partial charge in [0.25, 0.3) is 0 Å². The Bertz CT molecular complexity index is 1250. The molecule has 0 atom stereocenters. The van der Waals surface area contributed by atoms with Crippen LogP contribution in [0.4, 0.5) is 5.69 Å². The molecule has 0 saturated carbocycles. The van der Waals surface area contributed by atoms with Crippen molar-refractivity contribution < 1.29 is 9.53 Å². The molecule has 0 N–H and O–H groups in total. The van der Waals surface area contributed by atoms with Crippen LogP contribution in [0.5, 0.6) is 5.75 Å². The fraction of sp³-hybridized carbons (Fsp3) is 0.0385. The smallest absolute Gasteiger partial charge is 0.204 e. The predicted molar refractivity (Wildman–Crippen MR) is 117 cm³/mol. The predicted octanol–water partition coefficient (Wildman–Crippen LogP) is 6.06. The second-order valence-corrected chi connectivity index (χ2v) is 7.08. The molecule has 140 valence electrons. The Labute approximate surface area is 169 Å². The van der Waals surface area contributed by atoms with Crippen LogP contribution in [0.1, 0.15) is 10.4 Å². The van der Waals surface area contributed by atoms with E-state index in [4.69, 9.17) is 4.74 Å². The lowest BCUT2D eigenvalue weighted by molar-refractivity contribution is 0.104. The van der Waals surface area contributed by atoms with Gasteiger partial charge in [0.15, 0.2) is 11.5 Å². The summed E-state index contributed by atoms with van der Waals surface area (Å²) in [6.45, 7) is 0. The van der Waals surface area contributed by atoms with Crippen molar-refractivity contribution >= 4 is 22.2 Å². The zero-order chi connectivity index (χ0) is 19.8. The molecule has 5 rings (SSSR count). The highest BCUT2D eigenvalue weighted by Crippen LogP contribution is 2.40. The van der Waals surface area contributed by atoms with Gasteiger partial charge in [0.05, 0.1) is 5.69 Å². The standard InChI is InChI=1S/C26H19NO2/c1-27-23-16-20(18-8-3-2-4-9-18)14-15-25(23)29-26(27)17-24(28)22-13-7-11-19-10-5-6-12-21(19)22/h2-17H,1H3. The lowest BCUT2D eigenvalue weighted by Crippen LogP contribution is -2.15. The molecular weight excluding hydrogens is 358 g/mol. The van der Waals surface area contributed by atoms with Gasteiger partial charge in [0.2, 0.25) is 5.88 Å². The minimum Gasteiger partial charge on any atom is -0.438 e. The van der Waals surface area contributed by atoms with Gasteiger partial charge in [-0.05, 0) is 34.0 Å². The molecule has 3 heteroatoms. The SMILES string of the molecule is CN1C(=CC(=O)c2cccc3ccccc23)Oc2ccc(-c3ccccc3)cc21. The number of fused-ring (bicyclic) bond motifs is 2. The van der Waals surface area contributed by atoms with E-state index in [1.54, 1.807) is 6.08 Å². The highest BCUT2D eigenvalue weighted by Gasteiger charge is 2.25. The largest absolute Gasteiger partial charge is 0.438 e. The van der Waals surface area contributed by atoms with Crippen LogP contribution >= 0.6 is 0 Å². The summed E-state index contributed by atoms with van der Waals surface area (Å²) in [5.74, 6) is 1.21. The third-order valence-electron chi connectivity index (χ3n) is 5.28. The van der Waals surface area contributed by atoms with Gasteiger partial charge in [-0.1, -0.05) is 78.9 Å². The number of ether oxygens (including phenoxy) is 1. The fourth-order valence-corrected chi connectivity index (χ4v) is 3.73. The number of nitrogens with zero attached hydrogens (tertiary/aromatic N) is 1. The van der Waals surface area contributed by atoms with Crippen LogP contribution in [-0.2, 0) is 0 Å². The summed E-state index contributed by atoms with van der Waals surface area (Å²) in [6, 6.07) is 30.0. The number of ketones is 1. The maximum atomic E-state index is 13.0. The van der Waals surface area contributed by atoms with E-state index in [1.165, 1.54) is 0 Å². The van der Waals surface area contributed by atoms with Gasteiger partial charge in [-0.25, -0.2) is 0 Å². The van der Waals surface area contributed by atoms with Crippen molar-refractivity contribution in [3.63, 3.8) is 0 Å². The normalized spacial score (nSPS) is 14.1. The van der Waals surface area contributed by atoms with Crippen molar-refractivity contribution in [3.8, 4) is 16.9 Å². The van der Waals surface area contributed by atoms with Crippen molar-refractivity contribution in [2.75, 3.05) is 11.9 Å². The average molecular weight is 377 g/mol. The summed E-state index contributed by atoms with van der Waals surface area (Å²) in [5, 5.41) is 2.00. The maximum Gasteiger partial charge on any atom is 0.204 e. The van der Waals surface area contributed by atoms with Crippen LogP contribution < -0.4 is 9.64 Å². The Morgan fingerprint density at radius 2 is 1.59 bits per heavy atom. The summed E-state index contributed by atoms with van der Waals surface area (Å²) in [7, 11) is 1.92. The maximum absolute atomic E-state index is 13.0. The second-order valence-electron chi connectivity index (χ2n) is 7.08. The van der Waals surface area contributed by atoms with E-state index < -0.39 is 0 Å². The first-order valence-corrected chi connectivity index (χ1v) is 9.55. The molecule has 0 saturated heterocycles. The molecule has 0 fully saturated rings. The van der Waals surface area contributed by atoms with E-state index >= 15 is 0 Å². The Morgan fingerprint density at radius 3 is 2.45 bits per heavy atom. The van der Waals surface area contributed by atoms with Crippen molar-refractivity contribution in [1.29, 1.82) is 0 Å². The van der Waals surface area contributed by atoms with Gasteiger partial charge in [0, 0.05) is 18.7 Å². The third kappa shape index (κ3) is 3.07. The van der Waals surface area contributed by atoms with Crippen molar-refractivity contribution in [2.45, 2.75) is 0 Å². The van der Waals surface area contributed by atoms with Crippen molar-refractivity contribution in [2.24, 2.45) is 0 Å². The number of carbonyl (C=O) groups is 1. The van der Waals surface area contributed by atoms with Gasteiger partial charge >= 0.3 is 0 Å². The van der Waals surface area contributed by atoms with E-state index in [2.05, 4.69) is 18.2 Å². The van der Waals surface area contributed by atoms with Crippen LogP contribution in [0.15, 0.2) is 103 Å². The molecule has 1 aliphatic heterocycles. The highest BCUT2D eigenvalue weighted by molar-refractivity contribution is 6.13. The molecule has 0 radical (unpaired) electrons. The van der Waals surface area contributed by atoms with Crippen LogP contribution in [-0.4, -0.2) is 12.8 Å². The summed E-state index contributed by atoms with van der Waals surface area (Å²) >= 11 is 0. The van der Waals surface area contributed by atoms with Crippen LogP contribution in [0.25, 0.3) is 21.9 Å². The summed E-state index contributed by atoms with van der Waals surface area (Å²) in [4.78, 5) is 14.9. The Kier molecular flexibility index (Phi) is 4.14. The number of anilines is 1. The lowest BCUT2D eigenvalue weighted by atomic mass is 10.0.